The lowest BCUT2D eigenvalue weighted by Crippen LogP contribution is -2.21. The molecule has 0 radical (unpaired) electrons. The summed E-state index contributed by atoms with van der Waals surface area (Å²) in [6, 6.07) is 4.83. The fourth-order valence-electron chi connectivity index (χ4n) is 2.75. The van der Waals surface area contributed by atoms with Crippen LogP contribution in [0.2, 0.25) is 0 Å². The maximum absolute atomic E-state index is 4.94. The first-order chi connectivity index (χ1) is 9.81. The maximum atomic E-state index is 4.94. The Labute approximate surface area is 129 Å². The molecule has 0 saturated carbocycles. The highest BCUT2D eigenvalue weighted by Crippen LogP contribution is 2.35. The van der Waals surface area contributed by atoms with Gasteiger partial charge in [-0.05, 0) is 50.8 Å². The van der Waals surface area contributed by atoms with Gasteiger partial charge >= 0.3 is 0 Å². The van der Waals surface area contributed by atoms with Crippen molar-refractivity contribution in [3.63, 3.8) is 0 Å². The van der Waals surface area contributed by atoms with Gasteiger partial charge < -0.3 is 5.32 Å². The SMILES string of the molecule is CCNC(c1ccc(CC)s1)c1nc2c(s1)CCCC2. The van der Waals surface area contributed by atoms with Crippen LogP contribution in [-0.2, 0) is 19.3 Å². The van der Waals surface area contributed by atoms with E-state index in [1.807, 2.05) is 22.7 Å². The van der Waals surface area contributed by atoms with E-state index in [1.165, 1.54) is 51.0 Å². The molecule has 0 aliphatic heterocycles. The molecule has 0 aromatic carbocycles. The summed E-state index contributed by atoms with van der Waals surface area (Å²) in [4.78, 5) is 9.35. The molecule has 0 bridgehead atoms. The number of rotatable bonds is 5. The smallest absolute Gasteiger partial charge is 0.115 e. The summed E-state index contributed by atoms with van der Waals surface area (Å²) in [5.74, 6) is 0. The van der Waals surface area contributed by atoms with E-state index in [-0.39, 0.29) is 0 Å². The van der Waals surface area contributed by atoms with Gasteiger partial charge in [-0.3, -0.25) is 0 Å². The molecule has 2 aromatic rings. The van der Waals surface area contributed by atoms with E-state index in [2.05, 4.69) is 31.3 Å². The highest BCUT2D eigenvalue weighted by molar-refractivity contribution is 7.13. The number of fused-ring (bicyclic) bond motifs is 1. The Bertz CT molecular complexity index is 547. The van der Waals surface area contributed by atoms with Crippen molar-refractivity contribution in [2.45, 2.75) is 52.0 Å². The van der Waals surface area contributed by atoms with Crippen LogP contribution >= 0.6 is 22.7 Å². The minimum atomic E-state index is 0.292. The molecule has 1 aliphatic rings. The molecule has 20 heavy (non-hydrogen) atoms. The van der Waals surface area contributed by atoms with Gasteiger partial charge in [-0.2, -0.15) is 0 Å². The zero-order valence-electron chi connectivity index (χ0n) is 12.2. The second kappa shape index (κ2) is 6.37. The molecule has 0 fully saturated rings. The second-order valence-electron chi connectivity index (χ2n) is 5.28. The third kappa shape index (κ3) is 2.83. The van der Waals surface area contributed by atoms with Crippen LogP contribution < -0.4 is 5.32 Å². The van der Waals surface area contributed by atoms with E-state index in [9.17, 15) is 0 Å². The predicted octanol–water partition coefficient (Wildman–Crippen LogP) is 4.34. The van der Waals surface area contributed by atoms with Gasteiger partial charge in [0, 0.05) is 14.6 Å². The van der Waals surface area contributed by atoms with Crippen molar-refractivity contribution >= 4 is 22.7 Å². The predicted molar refractivity (Wildman–Crippen MR) is 88.0 cm³/mol. The lowest BCUT2D eigenvalue weighted by molar-refractivity contribution is 0.628. The van der Waals surface area contributed by atoms with Gasteiger partial charge in [-0.15, -0.1) is 22.7 Å². The molecule has 1 unspecified atom stereocenters. The minimum absolute atomic E-state index is 0.292. The Morgan fingerprint density at radius 1 is 1.20 bits per heavy atom. The van der Waals surface area contributed by atoms with Crippen LogP contribution in [0.5, 0.6) is 0 Å². The normalized spacial score (nSPS) is 16.1. The topological polar surface area (TPSA) is 24.9 Å². The standard InChI is InChI=1S/C16H22N2S2/c1-3-11-9-10-14(19-11)15(17-4-2)16-18-12-7-5-6-8-13(12)20-16/h9-10,15,17H,3-8H2,1-2H3. The van der Waals surface area contributed by atoms with E-state index in [0.29, 0.717) is 6.04 Å². The van der Waals surface area contributed by atoms with Crippen molar-refractivity contribution in [2.75, 3.05) is 6.54 Å². The first-order valence-corrected chi connectivity index (χ1v) is 9.25. The first kappa shape index (κ1) is 14.2. The third-order valence-corrected chi connectivity index (χ3v) is 6.35. The summed E-state index contributed by atoms with van der Waals surface area (Å²) >= 11 is 3.85. The van der Waals surface area contributed by atoms with E-state index in [4.69, 9.17) is 4.98 Å². The Hall–Kier alpha value is -0.710. The zero-order chi connectivity index (χ0) is 13.9. The third-order valence-electron chi connectivity index (χ3n) is 3.83. The molecule has 0 spiro atoms. The number of thiophene rings is 1. The van der Waals surface area contributed by atoms with Crippen molar-refractivity contribution in [1.82, 2.24) is 10.3 Å². The summed E-state index contributed by atoms with van der Waals surface area (Å²) in [7, 11) is 0. The molecule has 0 amide bonds. The van der Waals surface area contributed by atoms with Gasteiger partial charge in [0.15, 0.2) is 0 Å². The quantitative estimate of drug-likeness (QED) is 0.888. The summed E-state index contributed by atoms with van der Waals surface area (Å²) in [6.45, 7) is 5.38. The Kier molecular flexibility index (Phi) is 4.54. The first-order valence-electron chi connectivity index (χ1n) is 7.62. The van der Waals surface area contributed by atoms with Gasteiger partial charge in [0.1, 0.15) is 5.01 Å². The summed E-state index contributed by atoms with van der Waals surface area (Å²) < 4.78 is 0. The lowest BCUT2D eigenvalue weighted by Gasteiger charge is -2.13. The molecule has 4 heteroatoms. The maximum Gasteiger partial charge on any atom is 0.115 e. The lowest BCUT2D eigenvalue weighted by atomic mass is 10.0. The van der Waals surface area contributed by atoms with Crippen LogP contribution in [0.3, 0.4) is 0 Å². The highest BCUT2D eigenvalue weighted by atomic mass is 32.1. The van der Waals surface area contributed by atoms with Crippen LogP contribution in [0.25, 0.3) is 0 Å². The average Bonchev–Trinajstić information content (AvgIpc) is 3.10. The van der Waals surface area contributed by atoms with Gasteiger partial charge in [0.2, 0.25) is 0 Å². The van der Waals surface area contributed by atoms with Crippen LogP contribution in [0, 0.1) is 0 Å². The van der Waals surface area contributed by atoms with Crippen LogP contribution in [0.15, 0.2) is 12.1 Å². The molecule has 108 valence electrons. The molecule has 2 nitrogen and oxygen atoms in total. The molecule has 2 aromatic heterocycles. The number of aryl methyl sites for hydroxylation is 3. The minimum Gasteiger partial charge on any atom is -0.304 e. The number of nitrogens with one attached hydrogen (secondary N) is 1. The van der Waals surface area contributed by atoms with Crippen molar-refractivity contribution < 1.29 is 0 Å². The van der Waals surface area contributed by atoms with E-state index >= 15 is 0 Å². The fraction of sp³-hybridized carbons (Fsp3) is 0.562. The van der Waals surface area contributed by atoms with E-state index in [1.54, 1.807) is 0 Å². The molecule has 1 aliphatic carbocycles. The van der Waals surface area contributed by atoms with Gasteiger partial charge in [0.05, 0.1) is 11.7 Å². The summed E-state index contributed by atoms with van der Waals surface area (Å²) in [5.41, 5.74) is 1.37. The Morgan fingerprint density at radius 2 is 2.05 bits per heavy atom. The van der Waals surface area contributed by atoms with E-state index in [0.717, 1.165) is 13.0 Å². The molecule has 1 N–H and O–H groups in total. The Morgan fingerprint density at radius 3 is 2.75 bits per heavy atom. The Balaban J connectivity index is 1.91. The van der Waals surface area contributed by atoms with Gasteiger partial charge in [-0.1, -0.05) is 13.8 Å². The number of hydrogen-bond donors (Lipinski definition) is 1. The average molecular weight is 307 g/mol. The number of aromatic nitrogens is 1. The van der Waals surface area contributed by atoms with Crippen molar-refractivity contribution in [3.05, 3.63) is 37.5 Å². The van der Waals surface area contributed by atoms with Crippen LogP contribution in [0.1, 0.15) is 58.1 Å². The monoisotopic (exact) mass is 306 g/mol. The van der Waals surface area contributed by atoms with Crippen molar-refractivity contribution in [1.29, 1.82) is 0 Å². The van der Waals surface area contributed by atoms with E-state index < -0.39 is 0 Å². The summed E-state index contributed by atoms with van der Waals surface area (Å²) in [6.07, 6.45) is 6.17. The fourth-order valence-corrected chi connectivity index (χ4v) is 5.10. The number of hydrogen-bond acceptors (Lipinski definition) is 4. The molecule has 1 atom stereocenters. The van der Waals surface area contributed by atoms with Crippen LogP contribution in [-0.4, -0.2) is 11.5 Å². The molecule has 3 rings (SSSR count). The molecular weight excluding hydrogens is 284 g/mol. The highest BCUT2D eigenvalue weighted by Gasteiger charge is 2.22. The van der Waals surface area contributed by atoms with Crippen molar-refractivity contribution in [2.24, 2.45) is 0 Å². The molecular formula is C16H22N2S2. The molecule has 0 saturated heterocycles. The largest absolute Gasteiger partial charge is 0.304 e. The van der Waals surface area contributed by atoms with Crippen LogP contribution in [0.4, 0.5) is 0 Å². The van der Waals surface area contributed by atoms with Crippen molar-refractivity contribution in [3.8, 4) is 0 Å². The number of thiazole rings is 1. The van der Waals surface area contributed by atoms with Gasteiger partial charge in [0.25, 0.3) is 0 Å². The summed E-state index contributed by atoms with van der Waals surface area (Å²) in [5, 5.41) is 4.89. The number of nitrogens with zero attached hydrogens (tertiary/aromatic N) is 1. The zero-order valence-corrected chi connectivity index (χ0v) is 13.9. The second-order valence-corrected chi connectivity index (χ2v) is 7.59. The van der Waals surface area contributed by atoms with Gasteiger partial charge in [-0.25, -0.2) is 4.98 Å². The molecule has 2 heterocycles.